The van der Waals surface area contributed by atoms with Crippen molar-refractivity contribution in [2.45, 2.75) is 0 Å². The summed E-state index contributed by atoms with van der Waals surface area (Å²) in [6.07, 6.45) is 1.14. The van der Waals surface area contributed by atoms with Crippen molar-refractivity contribution in [3.63, 3.8) is 0 Å². The molecule has 0 radical (unpaired) electrons. The molecule has 72 valence electrons. The SMILES string of the molecule is O=C=CCOc1ccccc1C(=O)O. The second-order valence-electron chi connectivity index (χ2n) is 2.43. The molecule has 0 amide bonds. The lowest BCUT2D eigenvalue weighted by atomic mass is 10.2. The highest BCUT2D eigenvalue weighted by atomic mass is 16.5. The zero-order valence-corrected chi connectivity index (χ0v) is 7.27. The van der Waals surface area contributed by atoms with Gasteiger partial charge in [0, 0.05) is 6.08 Å². The molecule has 1 rings (SSSR count). The lowest BCUT2D eigenvalue weighted by Crippen LogP contribution is -2.02. The van der Waals surface area contributed by atoms with Crippen LogP contribution in [0.25, 0.3) is 0 Å². The van der Waals surface area contributed by atoms with Crippen LogP contribution in [0.1, 0.15) is 10.4 Å². The largest absolute Gasteiger partial charge is 0.488 e. The summed E-state index contributed by atoms with van der Waals surface area (Å²) in [5.41, 5.74) is 0.0757. The number of carboxylic acid groups (broad SMARTS) is 1. The molecule has 1 aromatic rings. The van der Waals surface area contributed by atoms with Crippen molar-refractivity contribution in [3.05, 3.63) is 35.9 Å². The lowest BCUT2D eigenvalue weighted by Gasteiger charge is -2.05. The summed E-state index contributed by atoms with van der Waals surface area (Å²) in [6, 6.07) is 6.22. The summed E-state index contributed by atoms with van der Waals surface area (Å²) in [6.45, 7) is 0.0216. The smallest absolute Gasteiger partial charge is 0.339 e. The molecule has 0 saturated carbocycles. The van der Waals surface area contributed by atoms with E-state index in [0.717, 1.165) is 6.08 Å². The standard InChI is InChI=1S/C10H8O4/c11-6-3-7-14-9-5-2-1-4-8(9)10(12)13/h1-5H,7H2,(H,12,13). The van der Waals surface area contributed by atoms with Gasteiger partial charge < -0.3 is 9.84 Å². The van der Waals surface area contributed by atoms with Gasteiger partial charge in [0.2, 0.25) is 0 Å². The summed E-state index contributed by atoms with van der Waals surface area (Å²) in [5.74, 6) is 0.722. The number of carbonyl (C=O) groups is 1. The van der Waals surface area contributed by atoms with Crippen LogP contribution in [0, 0.1) is 0 Å². The topological polar surface area (TPSA) is 63.6 Å². The van der Waals surface area contributed by atoms with Crippen LogP contribution < -0.4 is 4.74 Å². The Bertz CT molecular complexity index is 377. The first-order valence-electron chi connectivity index (χ1n) is 3.90. The summed E-state index contributed by atoms with van der Waals surface area (Å²) < 4.78 is 5.04. The van der Waals surface area contributed by atoms with Gasteiger partial charge in [0.1, 0.15) is 23.9 Å². The van der Waals surface area contributed by atoms with Gasteiger partial charge in [-0.15, -0.1) is 0 Å². The first kappa shape index (κ1) is 10.0. The highest BCUT2D eigenvalue weighted by Crippen LogP contribution is 2.17. The molecule has 1 aromatic carbocycles. The van der Waals surface area contributed by atoms with E-state index in [-0.39, 0.29) is 17.9 Å². The second kappa shape index (κ2) is 4.84. The van der Waals surface area contributed by atoms with Crippen LogP contribution in [0.15, 0.2) is 30.3 Å². The number of hydrogen-bond donors (Lipinski definition) is 1. The average Bonchev–Trinajstić information content (AvgIpc) is 2.19. The van der Waals surface area contributed by atoms with Crippen molar-refractivity contribution in [3.8, 4) is 5.75 Å². The molecule has 0 aliphatic heterocycles. The second-order valence-corrected chi connectivity index (χ2v) is 2.43. The average molecular weight is 192 g/mol. The number of rotatable bonds is 4. The van der Waals surface area contributed by atoms with Crippen molar-refractivity contribution < 1.29 is 19.4 Å². The van der Waals surface area contributed by atoms with Crippen molar-refractivity contribution in [2.75, 3.05) is 6.61 Å². The van der Waals surface area contributed by atoms with Gasteiger partial charge in [-0.1, -0.05) is 12.1 Å². The Hall–Kier alpha value is -2.06. The minimum atomic E-state index is -1.06. The van der Waals surface area contributed by atoms with Gasteiger partial charge in [0.25, 0.3) is 0 Å². The molecular formula is C10H8O4. The van der Waals surface area contributed by atoms with Gasteiger partial charge in [-0.2, -0.15) is 0 Å². The quantitative estimate of drug-likeness (QED) is 0.727. The fourth-order valence-electron chi connectivity index (χ4n) is 0.935. The molecule has 0 aliphatic rings. The van der Waals surface area contributed by atoms with Crippen molar-refractivity contribution in [1.82, 2.24) is 0 Å². The maximum Gasteiger partial charge on any atom is 0.339 e. The molecule has 14 heavy (non-hydrogen) atoms. The van der Waals surface area contributed by atoms with Crippen molar-refractivity contribution in [2.24, 2.45) is 0 Å². The van der Waals surface area contributed by atoms with E-state index in [4.69, 9.17) is 9.84 Å². The molecule has 0 aliphatic carbocycles. The van der Waals surface area contributed by atoms with E-state index in [9.17, 15) is 9.59 Å². The number of aromatic carboxylic acids is 1. The number of carboxylic acids is 1. The first-order chi connectivity index (χ1) is 6.75. The monoisotopic (exact) mass is 192 g/mol. The Balaban J connectivity index is 2.84. The summed E-state index contributed by atoms with van der Waals surface area (Å²) in [5, 5.41) is 8.75. The van der Waals surface area contributed by atoms with Gasteiger partial charge in [-0.3, -0.25) is 0 Å². The van der Waals surface area contributed by atoms with E-state index < -0.39 is 5.97 Å². The van der Waals surface area contributed by atoms with Crippen LogP contribution in [-0.4, -0.2) is 23.6 Å². The Morgan fingerprint density at radius 1 is 1.50 bits per heavy atom. The van der Waals surface area contributed by atoms with Gasteiger partial charge in [0.05, 0.1) is 0 Å². The van der Waals surface area contributed by atoms with Crippen LogP contribution in [-0.2, 0) is 4.79 Å². The summed E-state index contributed by atoms with van der Waals surface area (Å²) in [7, 11) is 0. The maximum atomic E-state index is 10.7. The minimum Gasteiger partial charge on any atom is -0.488 e. The fourth-order valence-corrected chi connectivity index (χ4v) is 0.935. The van der Waals surface area contributed by atoms with Gasteiger partial charge in [-0.25, -0.2) is 9.59 Å². The fraction of sp³-hybridized carbons (Fsp3) is 0.100. The van der Waals surface area contributed by atoms with Crippen LogP contribution in [0.2, 0.25) is 0 Å². The third-order valence-electron chi connectivity index (χ3n) is 1.52. The van der Waals surface area contributed by atoms with E-state index in [1.165, 1.54) is 18.1 Å². The van der Waals surface area contributed by atoms with Crippen molar-refractivity contribution >= 4 is 11.9 Å². The normalized spacial score (nSPS) is 8.86. The molecule has 4 nitrogen and oxygen atoms in total. The van der Waals surface area contributed by atoms with Crippen LogP contribution in [0.5, 0.6) is 5.75 Å². The maximum absolute atomic E-state index is 10.7. The Morgan fingerprint density at radius 2 is 2.21 bits per heavy atom. The van der Waals surface area contributed by atoms with E-state index in [2.05, 4.69) is 0 Å². The van der Waals surface area contributed by atoms with Crippen molar-refractivity contribution in [1.29, 1.82) is 0 Å². The molecule has 0 heterocycles. The molecule has 0 bridgehead atoms. The Morgan fingerprint density at radius 3 is 2.86 bits per heavy atom. The van der Waals surface area contributed by atoms with E-state index in [0.29, 0.717) is 0 Å². The molecule has 0 aromatic heterocycles. The number of hydrogen-bond acceptors (Lipinski definition) is 3. The van der Waals surface area contributed by atoms with E-state index >= 15 is 0 Å². The minimum absolute atomic E-state index is 0.0216. The molecule has 0 spiro atoms. The van der Waals surface area contributed by atoms with Crippen LogP contribution >= 0.6 is 0 Å². The van der Waals surface area contributed by atoms with Gasteiger partial charge in [0.15, 0.2) is 0 Å². The highest BCUT2D eigenvalue weighted by molar-refractivity contribution is 5.90. The Labute approximate surface area is 80.4 Å². The molecule has 4 heteroatoms. The van der Waals surface area contributed by atoms with E-state index in [1.54, 1.807) is 12.1 Å². The third-order valence-corrected chi connectivity index (χ3v) is 1.52. The molecule has 0 unspecified atom stereocenters. The number of carbonyl (C=O) groups excluding carboxylic acids is 1. The third kappa shape index (κ3) is 2.47. The van der Waals surface area contributed by atoms with Gasteiger partial charge >= 0.3 is 5.97 Å². The van der Waals surface area contributed by atoms with Crippen LogP contribution in [0.3, 0.4) is 0 Å². The zero-order chi connectivity index (χ0) is 10.4. The first-order valence-corrected chi connectivity index (χ1v) is 3.90. The van der Waals surface area contributed by atoms with E-state index in [1.807, 2.05) is 0 Å². The summed E-state index contributed by atoms with van der Waals surface area (Å²) >= 11 is 0. The summed E-state index contributed by atoms with van der Waals surface area (Å²) in [4.78, 5) is 20.5. The van der Waals surface area contributed by atoms with Crippen LogP contribution in [0.4, 0.5) is 0 Å². The molecule has 1 N–H and O–H groups in total. The highest BCUT2D eigenvalue weighted by Gasteiger charge is 2.08. The zero-order valence-electron chi connectivity index (χ0n) is 7.27. The molecule has 0 saturated heterocycles. The predicted molar refractivity (Wildman–Crippen MR) is 49.2 cm³/mol. The molecule has 0 fully saturated rings. The molecule has 0 atom stereocenters. The molecular weight excluding hydrogens is 184 g/mol. The number of ether oxygens (including phenoxy) is 1. The Kier molecular flexibility index (Phi) is 3.47. The predicted octanol–water partition coefficient (Wildman–Crippen LogP) is 1.15. The van der Waals surface area contributed by atoms with Gasteiger partial charge in [-0.05, 0) is 12.1 Å². The number of para-hydroxylation sites is 1. The number of benzene rings is 1. The lowest BCUT2D eigenvalue weighted by molar-refractivity contribution is 0.0693.